The molecule has 0 heterocycles. The van der Waals surface area contributed by atoms with Crippen LogP contribution in [0.3, 0.4) is 0 Å². The van der Waals surface area contributed by atoms with Crippen LogP contribution >= 0.6 is 0 Å². The first-order chi connectivity index (χ1) is 10.6. The molecule has 23 heavy (non-hydrogen) atoms. The van der Waals surface area contributed by atoms with E-state index >= 15 is 0 Å². The minimum Gasteiger partial charge on any atom is -0.311 e. The Balaban J connectivity index is 0.00000192. The smallest absolute Gasteiger partial charge is 0.142 e. The first-order valence-electron chi connectivity index (χ1n) is 8.11. The molecule has 0 aliphatic heterocycles. The van der Waals surface area contributed by atoms with Crippen LogP contribution in [0.15, 0.2) is 48.5 Å². The summed E-state index contributed by atoms with van der Waals surface area (Å²) in [5, 5.41) is 0. The molecule has 0 bridgehead atoms. The van der Waals surface area contributed by atoms with Crippen LogP contribution in [-0.4, -0.2) is 5.78 Å². The number of aryl methyl sites for hydroxylation is 1. The Hall–Kier alpha value is -1.31. The van der Waals surface area contributed by atoms with Gasteiger partial charge < -0.3 is 5.92 Å². The molecule has 0 spiro atoms. The third kappa shape index (κ3) is 3.32. The van der Waals surface area contributed by atoms with Gasteiger partial charge in [-0.2, -0.15) is 13.8 Å². The molecule has 0 aromatic heterocycles. The number of Topliss-reactive ketones (excluding diaryl/α,β-unsaturated/α-hetero) is 1. The van der Waals surface area contributed by atoms with Gasteiger partial charge in [-0.15, -0.1) is 5.92 Å². The predicted molar refractivity (Wildman–Crippen MR) is 91.0 cm³/mol. The molecule has 1 aliphatic carbocycles. The number of carbonyl (C=O) groups excluding carboxylic acids is 1. The van der Waals surface area contributed by atoms with Crippen molar-refractivity contribution in [1.82, 2.24) is 0 Å². The fourth-order valence-corrected chi connectivity index (χ4v) is 3.82. The molecule has 2 aromatic rings. The summed E-state index contributed by atoms with van der Waals surface area (Å²) in [6, 6.07) is 16.9. The van der Waals surface area contributed by atoms with Gasteiger partial charge in [0.2, 0.25) is 0 Å². The molecule has 2 atom stereocenters. The van der Waals surface area contributed by atoms with Crippen molar-refractivity contribution in [2.75, 3.05) is 0 Å². The quantitative estimate of drug-likeness (QED) is 0.729. The molecule has 1 radical (unpaired) electrons. The van der Waals surface area contributed by atoms with Gasteiger partial charge in [0, 0.05) is 30.9 Å². The van der Waals surface area contributed by atoms with E-state index in [2.05, 4.69) is 63.2 Å². The van der Waals surface area contributed by atoms with Crippen LogP contribution in [0, 0.1) is 5.92 Å². The first kappa shape index (κ1) is 18.0. The van der Waals surface area contributed by atoms with E-state index in [-0.39, 0.29) is 30.4 Å². The van der Waals surface area contributed by atoms with E-state index in [1.807, 2.05) is 6.07 Å². The Morgan fingerprint density at radius 2 is 1.61 bits per heavy atom. The molecule has 119 valence electrons. The minimum absolute atomic E-state index is 0. The normalized spacial score (nSPS) is 20.1. The number of hydrogen-bond donors (Lipinski definition) is 0. The van der Waals surface area contributed by atoms with Gasteiger partial charge in [0.25, 0.3) is 0 Å². The van der Waals surface area contributed by atoms with Crippen molar-refractivity contribution in [1.29, 1.82) is 0 Å². The molecule has 0 saturated heterocycles. The number of carbonyl (C=O) groups is 1. The van der Waals surface area contributed by atoms with Gasteiger partial charge in [0.15, 0.2) is 0 Å². The molecule has 0 saturated carbocycles. The van der Waals surface area contributed by atoms with Gasteiger partial charge in [-0.25, -0.2) is 0 Å². The minimum atomic E-state index is -0.0314. The third-order valence-electron chi connectivity index (χ3n) is 4.83. The summed E-state index contributed by atoms with van der Waals surface area (Å²) in [5.74, 6) is 1.84. The third-order valence-corrected chi connectivity index (χ3v) is 4.83. The van der Waals surface area contributed by atoms with Crippen molar-refractivity contribution in [3.63, 3.8) is 0 Å². The van der Waals surface area contributed by atoms with Crippen molar-refractivity contribution in [3.8, 4) is 0 Å². The average Bonchev–Trinajstić information content (AvgIpc) is 2.53. The van der Waals surface area contributed by atoms with Crippen LogP contribution < -0.4 is 0 Å². The Bertz CT molecular complexity index is 690. The zero-order chi connectivity index (χ0) is 15.7. The number of rotatable bonds is 3. The van der Waals surface area contributed by atoms with Crippen molar-refractivity contribution < 1.29 is 23.4 Å². The molecule has 1 aliphatic rings. The van der Waals surface area contributed by atoms with Crippen molar-refractivity contribution >= 4 is 5.78 Å². The summed E-state index contributed by atoms with van der Waals surface area (Å²) in [6.07, 6.45) is 1.53. The maximum absolute atomic E-state index is 12.9. The largest absolute Gasteiger partial charge is 0.311 e. The Morgan fingerprint density at radius 3 is 2.26 bits per heavy atom. The van der Waals surface area contributed by atoms with E-state index < -0.39 is 0 Å². The van der Waals surface area contributed by atoms with Crippen LogP contribution in [0.5, 0.6) is 0 Å². The summed E-state index contributed by atoms with van der Waals surface area (Å²) in [5.41, 5.74) is 5.05. The van der Waals surface area contributed by atoms with E-state index in [4.69, 9.17) is 0 Å². The summed E-state index contributed by atoms with van der Waals surface area (Å²) in [4.78, 5) is 12.9. The van der Waals surface area contributed by atoms with Crippen LogP contribution in [0.25, 0.3) is 0 Å². The summed E-state index contributed by atoms with van der Waals surface area (Å²) >= 11 is 0. The van der Waals surface area contributed by atoms with E-state index in [1.165, 1.54) is 28.2 Å². The summed E-state index contributed by atoms with van der Waals surface area (Å²) < 4.78 is 0. The predicted octanol–water partition coefficient (Wildman–Crippen LogP) is 4.85. The van der Waals surface area contributed by atoms with E-state index in [9.17, 15) is 4.79 Å². The van der Waals surface area contributed by atoms with Crippen LogP contribution in [0.2, 0.25) is 0 Å². The van der Waals surface area contributed by atoms with Gasteiger partial charge in [-0.05, 0) is 23.1 Å². The fraction of sp³-hybridized carbons (Fsp3) is 0.333. The van der Waals surface area contributed by atoms with Gasteiger partial charge in [0.1, 0.15) is 5.78 Å². The van der Waals surface area contributed by atoms with E-state index in [0.29, 0.717) is 12.2 Å². The molecule has 0 fully saturated rings. The molecular formula is C21H23OV-. The van der Waals surface area contributed by atoms with Crippen LogP contribution in [-0.2, 0) is 36.2 Å². The maximum atomic E-state index is 12.9. The maximum Gasteiger partial charge on any atom is 0.142 e. The van der Waals surface area contributed by atoms with Gasteiger partial charge in [-0.1, -0.05) is 61.0 Å². The fourth-order valence-electron chi connectivity index (χ4n) is 3.82. The second kappa shape index (κ2) is 7.51. The average molecular weight is 342 g/mol. The molecule has 1 nitrogen and oxygen atoms in total. The van der Waals surface area contributed by atoms with Crippen molar-refractivity contribution in [2.24, 2.45) is 0 Å². The zero-order valence-corrected chi connectivity index (χ0v) is 15.4. The standard InChI is InChI=1S/C21H23O.V/c1-4-15-9-5-7-11-17(15)21-19(22)13-16-10-6-8-12-18(16)20(21)14(2)3;/h5-12,20-21H,4,13H2,1-3H3;/q-1;. The topological polar surface area (TPSA) is 17.1 Å². The Morgan fingerprint density at radius 1 is 1.00 bits per heavy atom. The molecule has 2 aromatic carbocycles. The Labute approximate surface area is 151 Å². The molecule has 2 unspecified atom stereocenters. The zero-order valence-electron chi connectivity index (χ0n) is 14.0. The molecule has 2 heteroatoms. The van der Waals surface area contributed by atoms with Gasteiger partial charge in [0.05, 0.1) is 0 Å². The van der Waals surface area contributed by atoms with Crippen molar-refractivity contribution in [3.05, 3.63) is 76.7 Å². The van der Waals surface area contributed by atoms with Gasteiger partial charge in [-0.3, -0.25) is 4.79 Å². The summed E-state index contributed by atoms with van der Waals surface area (Å²) in [7, 11) is 0. The number of fused-ring (bicyclic) bond motifs is 1. The Kier molecular flexibility index (Phi) is 5.89. The molecular weight excluding hydrogens is 319 g/mol. The monoisotopic (exact) mass is 342 g/mol. The second-order valence-electron chi connectivity index (χ2n) is 6.43. The summed E-state index contributed by atoms with van der Waals surface area (Å²) in [6.45, 7) is 6.47. The van der Waals surface area contributed by atoms with E-state index in [0.717, 1.165) is 6.42 Å². The number of hydrogen-bond acceptors (Lipinski definition) is 1. The van der Waals surface area contributed by atoms with Crippen LogP contribution in [0.1, 0.15) is 54.9 Å². The number of benzene rings is 2. The molecule has 3 rings (SSSR count). The number of ketones is 1. The molecule has 0 amide bonds. The van der Waals surface area contributed by atoms with Crippen LogP contribution in [0.4, 0.5) is 0 Å². The second-order valence-corrected chi connectivity index (χ2v) is 6.43. The SMILES string of the molecule is CCc1ccccc1C1C(=O)Cc2ccccc2C1[C-](C)C.[V]. The first-order valence-corrected chi connectivity index (χ1v) is 8.11. The molecule has 0 N–H and O–H groups in total. The van der Waals surface area contributed by atoms with Gasteiger partial charge >= 0.3 is 0 Å². The van der Waals surface area contributed by atoms with E-state index in [1.54, 1.807) is 0 Å². The van der Waals surface area contributed by atoms with Crippen molar-refractivity contribution in [2.45, 2.75) is 45.4 Å².